The molecule has 1 rings (SSSR count). The second kappa shape index (κ2) is 6.09. The second-order valence-corrected chi connectivity index (χ2v) is 5.64. The Hall–Kier alpha value is -1.81. The fourth-order valence-electron chi connectivity index (χ4n) is 1.79. The molecule has 20 heavy (non-hydrogen) atoms. The number of hydrogen-bond acceptors (Lipinski definition) is 6. The summed E-state index contributed by atoms with van der Waals surface area (Å²) in [4.78, 5) is 25.2. The van der Waals surface area contributed by atoms with Crippen molar-refractivity contribution >= 4 is 12.1 Å². The number of hydrogen-bond donors (Lipinski definition) is 0. The minimum absolute atomic E-state index is 0.102. The van der Waals surface area contributed by atoms with Crippen LogP contribution in [0.15, 0.2) is 0 Å². The minimum Gasteiger partial charge on any atom is -0.468 e. The van der Waals surface area contributed by atoms with Crippen molar-refractivity contribution in [2.24, 2.45) is 5.41 Å². The lowest BCUT2D eigenvalue weighted by molar-refractivity contribution is -0.152. The molecule has 1 saturated heterocycles. The monoisotopic (exact) mass is 284 g/mol. The van der Waals surface area contributed by atoms with Gasteiger partial charge in [0.2, 0.25) is 0 Å². The average molecular weight is 284 g/mol. The van der Waals surface area contributed by atoms with Crippen molar-refractivity contribution < 1.29 is 23.8 Å². The molecule has 0 radical (unpaired) electrons. The first-order chi connectivity index (χ1) is 9.24. The number of carbonyl (C=O) groups is 2. The van der Waals surface area contributed by atoms with Crippen LogP contribution in [0.2, 0.25) is 0 Å². The van der Waals surface area contributed by atoms with E-state index in [9.17, 15) is 14.9 Å². The number of esters is 1. The molecular formula is C13H20N2O5. The zero-order chi connectivity index (χ0) is 15.4. The van der Waals surface area contributed by atoms with Crippen LogP contribution in [0.3, 0.4) is 0 Å². The number of methoxy groups -OCH3 is 1. The summed E-state index contributed by atoms with van der Waals surface area (Å²) in [5.41, 5.74) is -2.16. The highest BCUT2D eigenvalue weighted by Crippen LogP contribution is 2.24. The number of amides is 1. The maximum absolute atomic E-state index is 12.1. The van der Waals surface area contributed by atoms with E-state index in [-0.39, 0.29) is 26.3 Å². The van der Waals surface area contributed by atoms with E-state index in [4.69, 9.17) is 9.47 Å². The Morgan fingerprint density at radius 1 is 1.40 bits per heavy atom. The predicted octanol–water partition coefficient (Wildman–Crippen LogP) is 0.937. The quantitative estimate of drug-likeness (QED) is 0.666. The van der Waals surface area contributed by atoms with Crippen molar-refractivity contribution in [3.8, 4) is 6.07 Å². The van der Waals surface area contributed by atoms with Gasteiger partial charge in [0.25, 0.3) is 0 Å². The van der Waals surface area contributed by atoms with Crippen molar-refractivity contribution in [2.45, 2.75) is 26.4 Å². The molecule has 1 amide bonds. The average Bonchev–Trinajstić information content (AvgIpc) is 2.59. The number of carbonyl (C=O) groups excluding carboxylic acids is 2. The molecule has 112 valence electrons. The van der Waals surface area contributed by atoms with Crippen molar-refractivity contribution in [1.29, 1.82) is 5.26 Å². The predicted molar refractivity (Wildman–Crippen MR) is 68.7 cm³/mol. The molecule has 0 spiro atoms. The lowest BCUT2D eigenvalue weighted by Crippen LogP contribution is -2.47. The molecule has 0 aliphatic carbocycles. The molecule has 0 bridgehead atoms. The molecule has 0 aromatic heterocycles. The van der Waals surface area contributed by atoms with Crippen LogP contribution in [0.4, 0.5) is 4.79 Å². The van der Waals surface area contributed by atoms with Gasteiger partial charge in [0.15, 0.2) is 5.41 Å². The van der Waals surface area contributed by atoms with Crippen LogP contribution in [0.5, 0.6) is 0 Å². The number of ether oxygens (including phenoxy) is 3. The smallest absolute Gasteiger partial charge is 0.410 e. The van der Waals surface area contributed by atoms with Crippen molar-refractivity contribution in [1.82, 2.24) is 4.90 Å². The van der Waals surface area contributed by atoms with E-state index in [0.717, 1.165) is 0 Å². The Bertz CT molecular complexity index is 423. The van der Waals surface area contributed by atoms with Crippen molar-refractivity contribution in [3.63, 3.8) is 0 Å². The zero-order valence-electron chi connectivity index (χ0n) is 12.3. The Balaban J connectivity index is 2.92. The molecule has 0 saturated carbocycles. The SMILES string of the molecule is COC(=O)C1(C#N)COCCN(C(=O)OC(C)(C)C)C1. The van der Waals surface area contributed by atoms with Crippen LogP contribution in [0, 0.1) is 16.7 Å². The van der Waals surface area contributed by atoms with Gasteiger partial charge < -0.3 is 19.1 Å². The van der Waals surface area contributed by atoms with Crippen LogP contribution < -0.4 is 0 Å². The van der Waals surface area contributed by atoms with E-state index in [0.29, 0.717) is 0 Å². The topological polar surface area (TPSA) is 88.9 Å². The molecule has 1 heterocycles. The van der Waals surface area contributed by atoms with Crippen molar-refractivity contribution in [3.05, 3.63) is 0 Å². The Morgan fingerprint density at radius 3 is 2.55 bits per heavy atom. The molecule has 7 nitrogen and oxygen atoms in total. The standard InChI is InChI=1S/C13H20N2O5/c1-12(2,3)20-11(17)15-5-6-19-9-13(7-14,8-15)10(16)18-4/h5-6,8-9H2,1-4H3. The number of nitrogens with zero attached hydrogens (tertiary/aromatic N) is 2. The summed E-state index contributed by atoms with van der Waals surface area (Å²) in [6.45, 7) is 5.53. The fraction of sp³-hybridized carbons (Fsp3) is 0.769. The van der Waals surface area contributed by atoms with Gasteiger partial charge >= 0.3 is 12.1 Å². The maximum Gasteiger partial charge on any atom is 0.410 e. The van der Waals surface area contributed by atoms with Crippen LogP contribution in [0.25, 0.3) is 0 Å². The largest absolute Gasteiger partial charge is 0.468 e. The number of rotatable bonds is 1. The molecule has 0 N–H and O–H groups in total. The highest BCUT2D eigenvalue weighted by Gasteiger charge is 2.45. The van der Waals surface area contributed by atoms with Gasteiger partial charge in [-0.05, 0) is 20.8 Å². The lowest BCUT2D eigenvalue weighted by Gasteiger charge is -2.29. The molecule has 7 heteroatoms. The highest BCUT2D eigenvalue weighted by atomic mass is 16.6. The van der Waals surface area contributed by atoms with Gasteiger partial charge in [-0.1, -0.05) is 0 Å². The van der Waals surface area contributed by atoms with Crippen LogP contribution >= 0.6 is 0 Å². The summed E-state index contributed by atoms with van der Waals surface area (Å²) >= 11 is 0. The molecule has 0 aromatic rings. The van der Waals surface area contributed by atoms with Gasteiger partial charge in [-0.2, -0.15) is 5.26 Å². The van der Waals surface area contributed by atoms with E-state index in [1.165, 1.54) is 12.0 Å². The molecule has 1 fully saturated rings. The summed E-state index contributed by atoms with van der Waals surface area (Å²) in [6, 6.07) is 1.91. The Morgan fingerprint density at radius 2 is 2.05 bits per heavy atom. The van der Waals surface area contributed by atoms with Crippen LogP contribution in [-0.4, -0.2) is 56.0 Å². The van der Waals surface area contributed by atoms with E-state index >= 15 is 0 Å². The molecule has 1 aliphatic rings. The van der Waals surface area contributed by atoms with Crippen LogP contribution in [-0.2, 0) is 19.0 Å². The third-order valence-corrected chi connectivity index (χ3v) is 2.76. The highest BCUT2D eigenvalue weighted by molar-refractivity contribution is 5.81. The maximum atomic E-state index is 12.1. The van der Waals surface area contributed by atoms with E-state index in [2.05, 4.69) is 4.74 Å². The molecule has 1 unspecified atom stereocenters. The second-order valence-electron chi connectivity index (χ2n) is 5.64. The summed E-state index contributed by atoms with van der Waals surface area (Å²) in [5.74, 6) is -0.713. The first-order valence-corrected chi connectivity index (χ1v) is 6.29. The van der Waals surface area contributed by atoms with E-state index in [1.807, 2.05) is 6.07 Å². The van der Waals surface area contributed by atoms with Gasteiger partial charge in [-0.3, -0.25) is 4.79 Å². The van der Waals surface area contributed by atoms with Gasteiger partial charge in [-0.15, -0.1) is 0 Å². The number of nitriles is 1. The summed E-state index contributed by atoms with van der Waals surface area (Å²) in [6.07, 6.45) is -0.577. The summed E-state index contributed by atoms with van der Waals surface area (Å²) in [5, 5.41) is 9.29. The van der Waals surface area contributed by atoms with E-state index < -0.39 is 23.1 Å². The lowest BCUT2D eigenvalue weighted by atomic mass is 9.90. The van der Waals surface area contributed by atoms with Gasteiger partial charge in [0.05, 0.1) is 32.9 Å². The molecular weight excluding hydrogens is 264 g/mol. The van der Waals surface area contributed by atoms with Gasteiger partial charge in [0.1, 0.15) is 5.60 Å². The van der Waals surface area contributed by atoms with Gasteiger partial charge in [0, 0.05) is 6.54 Å². The molecule has 1 atom stereocenters. The molecule has 1 aliphatic heterocycles. The third-order valence-electron chi connectivity index (χ3n) is 2.76. The van der Waals surface area contributed by atoms with E-state index in [1.54, 1.807) is 20.8 Å². The van der Waals surface area contributed by atoms with Gasteiger partial charge in [-0.25, -0.2) is 4.79 Å². The summed E-state index contributed by atoms with van der Waals surface area (Å²) < 4.78 is 15.2. The van der Waals surface area contributed by atoms with Crippen LogP contribution in [0.1, 0.15) is 20.8 Å². The minimum atomic E-state index is -1.51. The first kappa shape index (κ1) is 16.2. The first-order valence-electron chi connectivity index (χ1n) is 6.29. The van der Waals surface area contributed by atoms with Crippen molar-refractivity contribution in [2.75, 3.05) is 33.4 Å². The fourth-order valence-corrected chi connectivity index (χ4v) is 1.79. The normalized spacial score (nSPS) is 23.4. The zero-order valence-corrected chi connectivity index (χ0v) is 12.3. The third kappa shape index (κ3) is 3.84. The Labute approximate surface area is 118 Å². The molecule has 0 aromatic carbocycles. The summed E-state index contributed by atoms with van der Waals surface area (Å²) in [7, 11) is 1.20. The Kier molecular flexibility index (Phi) is 4.95.